The van der Waals surface area contributed by atoms with Crippen LogP contribution in [0.15, 0.2) is 170 Å². The fraction of sp³-hybridized carbons (Fsp3) is 0. The molecular weight excluding hydrogens is 569 g/mol. The van der Waals surface area contributed by atoms with Crippen molar-refractivity contribution in [3.05, 3.63) is 170 Å². The van der Waals surface area contributed by atoms with Gasteiger partial charge in [0.25, 0.3) is 0 Å². The maximum atomic E-state index is 5.53. The molecule has 0 unspecified atom stereocenters. The van der Waals surface area contributed by atoms with Crippen LogP contribution in [0.1, 0.15) is 0 Å². The van der Waals surface area contributed by atoms with Crippen molar-refractivity contribution >= 4 is 64.9 Å². The lowest BCUT2D eigenvalue weighted by molar-refractivity contribution is 1.09. The first kappa shape index (κ1) is 26.0. The van der Waals surface area contributed by atoms with Gasteiger partial charge >= 0.3 is 0 Å². The number of nitrogens with zero attached hydrogens (tertiary/aromatic N) is 2. The van der Waals surface area contributed by atoms with E-state index in [9.17, 15) is 0 Å². The highest BCUT2D eigenvalue weighted by atomic mass is 15.1. The summed E-state index contributed by atoms with van der Waals surface area (Å²) in [4.78, 5) is 5.53. The molecule has 0 aliphatic carbocycles. The molecule has 218 valence electrons. The van der Waals surface area contributed by atoms with E-state index in [2.05, 4.69) is 174 Å². The highest BCUT2D eigenvalue weighted by Crippen LogP contribution is 2.45. The molecule has 10 aromatic rings. The van der Waals surface area contributed by atoms with Crippen LogP contribution in [0.4, 0.5) is 0 Å². The minimum Gasteiger partial charge on any atom is -0.293 e. The molecule has 2 heterocycles. The summed E-state index contributed by atoms with van der Waals surface area (Å²) in [7, 11) is 0. The molecule has 0 spiro atoms. The molecule has 0 fully saturated rings. The van der Waals surface area contributed by atoms with Crippen molar-refractivity contribution in [3.63, 3.8) is 0 Å². The molecule has 10 rings (SSSR count). The van der Waals surface area contributed by atoms with Crippen molar-refractivity contribution in [1.82, 2.24) is 9.55 Å². The Morgan fingerprint density at radius 2 is 1.02 bits per heavy atom. The SMILES string of the molecule is c1ccc(-c2cc(-c3cccc4ccccc34)nc(-n3c4ccccc4c4c5c6ccccc6ccc5c5ccccc5c43)c2)cc1. The summed E-state index contributed by atoms with van der Waals surface area (Å²) in [5.74, 6) is 0.908. The van der Waals surface area contributed by atoms with Crippen molar-refractivity contribution in [1.29, 1.82) is 0 Å². The van der Waals surface area contributed by atoms with Crippen LogP contribution in [0.5, 0.6) is 0 Å². The van der Waals surface area contributed by atoms with Crippen LogP contribution in [0.3, 0.4) is 0 Å². The summed E-state index contributed by atoms with van der Waals surface area (Å²) in [6, 6.07) is 61.3. The van der Waals surface area contributed by atoms with Crippen LogP contribution < -0.4 is 0 Å². The quantitative estimate of drug-likeness (QED) is 0.186. The molecule has 0 saturated carbocycles. The van der Waals surface area contributed by atoms with E-state index in [1.165, 1.54) is 64.9 Å². The topological polar surface area (TPSA) is 17.8 Å². The molecule has 0 radical (unpaired) electrons. The van der Waals surface area contributed by atoms with E-state index in [1.54, 1.807) is 0 Å². The lowest BCUT2D eigenvalue weighted by atomic mass is 9.93. The largest absolute Gasteiger partial charge is 0.293 e. The lowest BCUT2D eigenvalue weighted by Gasteiger charge is -2.16. The second kappa shape index (κ2) is 10.1. The van der Waals surface area contributed by atoms with Gasteiger partial charge in [-0.15, -0.1) is 0 Å². The maximum Gasteiger partial charge on any atom is 0.138 e. The highest BCUT2D eigenvalue weighted by Gasteiger charge is 2.21. The van der Waals surface area contributed by atoms with Crippen LogP contribution in [-0.4, -0.2) is 9.55 Å². The lowest BCUT2D eigenvalue weighted by Crippen LogP contribution is -2.01. The van der Waals surface area contributed by atoms with E-state index < -0.39 is 0 Å². The summed E-state index contributed by atoms with van der Waals surface area (Å²) >= 11 is 0. The molecule has 0 atom stereocenters. The zero-order valence-corrected chi connectivity index (χ0v) is 25.6. The van der Waals surface area contributed by atoms with Gasteiger partial charge in [0, 0.05) is 27.1 Å². The molecule has 8 aromatic carbocycles. The van der Waals surface area contributed by atoms with Gasteiger partial charge in [0.1, 0.15) is 5.82 Å². The first-order valence-corrected chi connectivity index (χ1v) is 16.1. The summed E-state index contributed by atoms with van der Waals surface area (Å²) in [6.45, 7) is 0. The predicted octanol–water partition coefficient (Wildman–Crippen LogP) is 12.1. The summed E-state index contributed by atoms with van der Waals surface area (Å²) < 4.78 is 2.41. The van der Waals surface area contributed by atoms with E-state index in [4.69, 9.17) is 4.98 Å². The molecular formula is C45H28N2. The Morgan fingerprint density at radius 3 is 1.85 bits per heavy atom. The number of hydrogen-bond donors (Lipinski definition) is 0. The van der Waals surface area contributed by atoms with Crippen LogP contribution in [0.2, 0.25) is 0 Å². The summed E-state index contributed by atoms with van der Waals surface area (Å²) in [5, 5.41) is 12.5. The molecule has 0 N–H and O–H groups in total. The average Bonchev–Trinajstić information content (AvgIpc) is 3.50. The van der Waals surface area contributed by atoms with Crippen LogP contribution in [-0.2, 0) is 0 Å². The molecule has 0 aliphatic heterocycles. The summed E-state index contributed by atoms with van der Waals surface area (Å²) in [6.07, 6.45) is 0. The highest BCUT2D eigenvalue weighted by molar-refractivity contribution is 6.36. The minimum atomic E-state index is 0.908. The molecule has 0 bridgehead atoms. The van der Waals surface area contributed by atoms with E-state index in [0.717, 1.165) is 28.2 Å². The number of benzene rings is 8. The third-order valence-corrected chi connectivity index (χ3v) is 9.74. The van der Waals surface area contributed by atoms with Crippen molar-refractivity contribution in [2.24, 2.45) is 0 Å². The molecule has 2 nitrogen and oxygen atoms in total. The number of fused-ring (bicyclic) bond motifs is 11. The number of aromatic nitrogens is 2. The van der Waals surface area contributed by atoms with Gasteiger partial charge < -0.3 is 0 Å². The van der Waals surface area contributed by atoms with E-state index >= 15 is 0 Å². The Hall–Kier alpha value is -6.25. The fourth-order valence-electron chi connectivity index (χ4n) is 7.69. The van der Waals surface area contributed by atoms with Gasteiger partial charge in [-0.1, -0.05) is 152 Å². The molecule has 0 amide bonds. The normalized spacial score (nSPS) is 11.8. The number of pyridine rings is 1. The van der Waals surface area contributed by atoms with Crippen LogP contribution in [0.25, 0.3) is 93.1 Å². The van der Waals surface area contributed by atoms with Crippen molar-refractivity contribution < 1.29 is 0 Å². The first-order valence-electron chi connectivity index (χ1n) is 16.1. The Morgan fingerprint density at radius 1 is 0.383 bits per heavy atom. The van der Waals surface area contributed by atoms with Crippen LogP contribution in [0, 0.1) is 0 Å². The van der Waals surface area contributed by atoms with E-state index in [-0.39, 0.29) is 0 Å². The van der Waals surface area contributed by atoms with Gasteiger partial charge in [0.05, 0.1) is 16.7 Å². The fourth-order valence-corrected chi connectivity index (χ4v) is 7.69. The van der Waals surface area contributed by atoms with Gasteiger partial charge in [0.2, 0.25) is 0 Å². The minimum absolute atomic E-state index is 0.908. The van der Waals surface area contributed by atoms with Crippen LogP contribution >= 0.6 is 0 Å². The van der Waals surface area contributed by atoms with Gasteiger partial charge in [-0.05, 0) is 61.6 Å². The first-order chi connectivity index (χ1) is 23.3. The Labute approximate surface area is 271 Å². The van der Waals surface area contributed by atoms with Gasteiger partial charge in [-0.25, -0.2) is 4.98 Å². The Balaban J connectivity index is 1.41. The molecule has 2 aromatic heterocycles. The number of para-hydroxylation sites is 1. The number of rotatable bonds is 3. The van der Waals surface area contributed by atoms with Gasteiger partial charge in [-0.2, -0.15) is 0 Å². The molecule has 0 saturated heterocycles. The van der Waals surface area contributed by atoms with Crippen molar-refractivity contribution in [2.45, 2.75) is 0 Å². The van der Waals surface area contributed by atoms with Crippen molar-refractivity contribution in [2.75, 3.05) is 0 Å². The zero-order chi connectivity index (χ0) is 30.9. The molecule has 0 aliphatic rings. The molecule has 2 heteroatoms. The second-order valence-electron chi connectivity index (χ2n) is 12.3. The smallest absolute Gasteiger partial charge is 0.138 e. The standard InChI is InChI=1S/C45H28N2/c1-2-13-29(14-3-1)32-27-40(36-23-12-17-30-15-4-6-18-33(30)36)46-42(28-32)47-41-24-11-10-22-39(41)44-43-34-19-7-5-16-31(34)25-26-37(43)35-20-8-9-21-38(35)45(44)47/h1-28H. The second-order valence-corrected chi connectivity index (χ2v) is 12.3. The Kier molecular flexibility index (Phi) is 5.61. The zero-order valence-electron chi connectivity index (χ0n) is 25.6. The van der Waals surface area contributed by atoms with E-state index in [1.807, 2.05) is 0 Å². The van der Waals surface area contributed by atoms with Crippen molar-refractivity contribution in [3.8, 4) is 28.2 Å². The maximum absolute atomic E-state index is 5.53. The third-order valence-electron chi connectivity index (χ3n) is 9.74. The average molecular weight is 597 g/mol. The monoisotopic (exact) mass is 596 g/mol. The van der Waals surface area contributed by atoms with E-state index in [0.29, 0.717) is 0 Å². The Bertz CT molecular complexity index is 2840. The third kappa shape index (κ3) is 3.89. The van der Waals surface area contributed by atoms with Gasteiger partial charge in [-0.3, -0.25) is 4.57 Å². The summed E-state index contributed by atoms with van der Waals surface area (Å²) in [5.41, 5.74) is 6.73. The predicted molar refractivity (Wildman–Crippen MR) is 199 cm³/mol. The number of hydrogen-bond acceptors (Lipinski definition) is 1. The molecule has 47 heavy (non-hydrogen) atoms. The van der Waals surface area contributed by atoms with Gasteiger partial charge in [0.15, 0.2) is 0 Å².